The number of fused-ring (bicyclic) bond motifs is 4. The minimum Gasteiger partial charge on any atom is -0.497 e. The van der Waals surface area contributed by atoms with Crippen molar-refractivity contribution in [2.75, 3.05) is 27.9 Å². The molecule has 5 heteroatoms. The highest BCUT2D eigenvalue weighted by molar-refractivity contribution is 5.94. The van der Waals surface area contributed by atoms with Gasteiger partial charge in [0.25, 0.3) is 5.91 Å². The predicted octanol–water partition coefficient (Wildman–Crippen LogP) is 5.15. The SMILES string of the molecule is COCCC1CCC2(C)c3cc(C(=O)NCc4ccc(OC)cc4OC)ccc3CC1C2C. The largest absolute Gasteiger partial charge is 0.497 e. The molecule has 4 rings (SSSR count). The molecule has 0 heterocycles. The summed E-state index contributed by atoms with van der Waals surface area (Å²) < 4.78 is 16.1. The molecule has 4 unspecified atom stereocenters. The lowest BCUT2D eigenvalue weighted by Gasteiger charge is -2.53. The smallest absolute Gasteiger partial charge is 0.251 e. The normalized spacial score (nSPS) is 25.8. The molecule has 4 atom stereocenters. The van der Waals surface area contributed by atoms with E-state index in [1.54, 1.807) is 21.3 Å². The van der Waals surface area contributed by atoms with Crippen LogP contribution in [0.3, 0.4) is 0 Å². The molecule has 0 saturated heterocycles. The Bertz CT molecular complexity index is 1000. The standard InChI is InChI=1S/C28H37NO4/c1-18-24-14-20-6-7-21(15-25(20)28(18,2)12-10-19(24)11-13-31-3)27(30)29-17-22-8-9-23(32-4)16-26(22)33-5/h6-9,15-16,18-19,24H,10-14,17H2,1-5H3,(H,29,30). The number of carbonyl (C=O) groups is 1. The van der Waals surface area contributed by atoms with Crippen molar-refractivity contribution in [2.45, 2.75) is 51.5 Å². The summed E-state index contributed by atoms with van der Waals surface area (Å²) in [4.78, 5) is 13.1. The molecule has 1 saturated carbocycles. The molecule has 5 nitrogen and oxygen atoms in total. The number of carbonyl (C=O) groups excluding carboxylic acids is 1. The Morgan fingerprint density at radius 1 is 1.12 bits per heavy atom. The van der Waals surface area contributed by atoms with Crippen LogP contribution in [0.15, 0.2) is 36.4 Å². The minimum absolute atomic E-state index is 0.0529. The molecule has 0 aromatic heterocycles. The van der Waals surface area contributed by atoms with Gasteiger partial charge in [-0.2, -0.15) is 0 Å². The van der Waals surface area contributed by atoms with E-state index in [1.807, 2.05) is 24.3 Å². The van der Waals surface area contributed by atoms with Crippen LogP contribution >= 0.6 is 0 Å². The maximum Gasteiger partial charge on any atom is 0.251 e. The van der Waals surface area contributed by atoms with E-state index >= 15 is 0 Å². The highest BCUT2D eigenvalue weighted by Crippen LogP contribution is 2.54. The lowest BCUT2D eigenvalue weighted by molar-refractivity contribution is 0.0466. The van der Waals surface area contributed by atoms with Crippen molar-refractivity contribution in [3.63, 3.8) is 0 Å². The second-order valence-corrected chi connectivity index (χ2v) is 9.89. The molecule has 2 aliphatic rings. The number of benzene rings is 2. The minimum atomic E-state index is -0.0529. The Labute approximate surface area is 197 Å². The average molecular weight is 452 g/mol. The van der Waals surface area contributed by atoms with Crippen molar-refractivity contribution in [1.82, 2.24) is 5.32 Å². The quantitative estimate of drug-likeness (QED) is 0.603. The zero-order chi connectivity index (χ0) is 23.6. The van der Waals surface area contributed by atoms with Crippen molar-refractivity contribution in [1.29, 1.82) is 0 Å². The van der Waals surface area contributed by atoms with Crippen LogP contribution in [0.1, 0.15) is 60.2 Å². The lowest BCUT2D eigenvalue weighted by Crippen LogP contribution is -2.48. The van der Waals surface area contributed by atoms with Gasteiger partial charge in [0.1, 0.15) is 11.5 Å². The fourth-order valence-corrected chi connectivity index (χ4v) is 6.12. The number of ether oxygens (including phenoxy) is 3. The van der Waals surface area contributed by atoms with E-state index in [0.717, 1.165) is 42.2 Å². The van der Waals surface area contributed by atoms with Gasteiger partial charge < -0.3 is 19.5 Å². The second-order valence-electron chi connectivity index (χ2n) is 9.89. The average Bonchev–Trinajstić information content (AvgIpc) is 2.84. The van der Waals surface area contributed by atoms with Crippen LogP contribution in [0, 0.1) is 17.8 Å². The van der Waals surface area contributed by atoms with Gasteiger partial charge in [0.15, 0.2) is 0 Å². The number of hydrogen-bond donors (Lipinski definition) is 1. The first-order valence-electron chi connectivity index (χ1n) is 12.0. The van der Waals surface area contributed by atoms with E-state index < -0.39 is 0 Å². The van der Waals surface area contributed by atoms with Gasteiger partial charge in [-0.3, -0.25) is 4.79 Å². The summed E-state index contributed by atoms with van der Waals surface area (Å²) in [6.45, 7) is 6.06. The molecule has 0 spiro atoms. The van der Waals surface area contributed by atoms with Gasteiger partial charge in [-0.25, -0.2) is 0 Å². The number of methoxy groups -OCH3 is 3. The summed E-state index contributed by atoms with van der Waals surface area (Å²) in [7, 11) is 5.05. The van der Waals surface area contributed by atoms with Gasteiger partial charge in [-0.15, -0.1) is 0 Å². The van der Waals surface area contributed by atoms with Gasteiger partial charge in [-0.05, 0) is 84.2 Å². The van der Waals surface area contributed by atoms with E-state index in [4.69, 9.17) is 14.2 Å². The summed E-state index contributed by atoms with van der Waals surface area (Å²) in [6.07, 6.45) is 4.65. The third-order valence-electron chi connectivity index (χ3n) is 8.36. The highest BCUT2D eigenvalue weighted by atomic mass is 16.5. The predicted molar refractivity (Wildman–Crippen MR) is 130 cm³/mol. The number of rotatable bonds is 8. The van der Waals surface area contributed by atoms with Crippen molar-refractivity contribution in [3.05, 3.63) is 58.7 Å². The van der Waals surface area contributed by atoms with Crippen molar-refractivity contribution in [2.24, 2.45) is 17.8 Å². The monoisotopic (exact) mass is 451 g/mol. The Balaban J connectivity index is 1.51. The summed E-state index contributed by atoms with van der Waals surface area (Å²) in [6, 6.07) is 12.0. The van der Waals surface area contributed by atoms with E-state index in [1.165, 1.54) is 24.0 Å². The third kappa shape index (κ3) is 4.48. The van der Waals surface area contributed by atoms with Gasteiger partial charge in [0.05, 0.1) is 14.2 Å². The molecule has 1 amide bonds. The summed E-state index contributed by atoms with van der Waals surface area (Å²) >= 11 is 0. The van der Waals surface area contributed by atoms with Crippen LogP contribution in [-0.2, 0) is 23.1 Å². The fraction of sp³-hybridized carbons (Fsp3) is 0.536. The molecule has 1 N–H and O–H groups in total. The number of amides is 1. The van der Waals surface area contributed by atoms with Gasteiger partial charge in [0, 0.05) is 37.5 Å². The third-order valence-corrected chi connectivity index (χ3v) is 8.36. The van der Waals surface area contributed by atoms with Crippen LogP contribution < -0.4 is 14.8 Å². The Morgan fingerprint density at radius 3 is 2.67 bits per heavy atom. The van der Waals surface area contributed by atoms with E-state index in [0.29, 0.717) is 24.1 Å². The van der Waals surface area contributed by atoms with E-state index in [9.17, 15) is 4.79 Å². The first-order chi connectivity index (χ1) is 15.9. The molecule has 1 fully saturated rings. The Kier molecular flexibility index (Phi) is 6.99. The molecule has 178 valence electrons. The highest BCUT2D eigenvalue weighted by Gasteiger charge is 2.48. The molecule has 0 radical (unpaired) electrons. The van der Waals surface area contributed by atoms with E-state index in [2.05, 4.69) is 31.3 Å². The lowest BCUT2D eigenvalue weighted by atomic mass is 9.51. The Hall–Kier alpha value is -2.53. The van der Waals surface area contributed by atoms with Crippen LogP contribution in [0.25, 0.3) is 0 Å². The van der Waals surface area contributed by atoms with Crippen molar-refractivity contribution in [3.8, 4) is 11.5 Å². The summed E-state index contributed by atoms with van der Waals surface area (Å²) in [5.74, 6) is 3.40. The maximum absolute atomic E-state index is 13.1. The Morgan fingerprint density at radius 2 is 1.94 bits per heavy atom. The molecular weight excluding hydrogens is 414 g/mol. The molecule has 2 bridgehead atoms. The maximum atomic E-state index is 13.1. The number of nitrogens with one attached hydrogen (secondary N) is 1. The molecule has 0 aliphatic heterocycles. The second kappa shape index (κ2) is 9.76. The molecule has 2 aromatic rings. The van der Waals surface area contributed by atoms with Crippen LogP contribution in [-0.4, -0.2) is 33.8 Å². The zero-order valence-electron chi connectivity index (χ0n) is 20.6. The van der Waals surface area contributed by atoms with Gasteiger partial charge in [-0.1, -0.05) is 19.9 Å². The number of hydrogen-bond acceptors (Lipinski definition) is 4. The molecule has 2 aromatic carbocycles. The zero-order valence-corrected chi connectivity index (χ0v) is 20.6. The molecular formula is C28H37NO4. The fourth-order valence-electron chi connectivity index (χ4n) is 6.12. The van der Waals surface area contributed by atoms with Crippen LogP contribution in [0.2, 0.25) is 0 Å². The van der Waals surface area contributed by atoms with Crippen LogP contribution in [0.4, 0.5) is 0 Å². The van der Waals surface area contributed by atoms with Gasteiger partial charge >= 0.3 is 0 Å². The van der Waals surface area contributed by atoms with Crippen LogP contribution in [0.5, 0.6) is 11.5 Å². The van der Waals surface area contributed by atoms with Gasteiger partial charge in [0.2, 0.25) is 0 Å². The van der Waals surface area contributed by atoms with Crippen molar-refractivity contribution >= 4 is 5.91 Å². The van der Waals surface area contributed by atoms with E-state index in [-0.39, 0.29) is 11.3 Å². The first-order valence-corrected chi connectivity index (χ1v) is 12.0. The topological polar surface area (TPSA) is 56.8 Å². The van der Waals surface area contributed by atoms with Crippen molar-refractivity contribution < 1.29 is 19.0 Å². The summed E-state index contributed by atoms with van der Waals surface area (Å²) in [5, 5.41) is 3.07. The first kappa shape index (κ1) is 23.6. The molecule has 2 aliphatic carbocycles. The molecule has 33 heavy (non-hydrogen) atoms. The summed E-state index contributed by atoms with van der Waals surface area (Å²) in [5.41, 5.74) is 4.55.